The number of thiazole rings is 1. The third-order valence-electron chi connectivity index (χ3n) is 1.96. The summed E-state index contributed by atoms with van der Waals surface area (Å²) in [6.07, 6.45) is 3.78. The Labute approximate surface area is 82.9 Å². The van der Waals surface area contributed by atoms with Crippen molar-refractivity contribution in [2.24, 2.45) is 5.73 Å². The molecule has 1 aromatic heterocycles. The van der Waals surface area contributed by atoms with Gasteiger partial charge in [0.2, 0.25) is 0 Å². The Morgan fingerprint density at radius 1 is 1.69 bits per heavy atom. The van der Waals surface area contributed by atoms with Crippen molar-refractivity contribution in [3.8, 4) is 0 Å². The topological polar surface area (TPSA) is 48.1 Å². The SMILES string of the molecule is COC(C)CC(N)Cc1nccs1. The second-order valence-electron chi connectivity index (χ2n) is 3.17. The number of ether oxygens (including phenoxy) is 1. The predicted molar refractivity (Wildman–Crippen MR) is 54.9 cm³/mol. The largest absolute Gasteiger partial charge is 0.382 e. The van der Waals surface area contributed by atoms with Crippen molar-refractivity contribution < 1.29 is 4.74 Å². The van der Waals surface area contributed by atoms with Crippen LogP contribution in [0, 0.1) is 0 Å². The molecule has 2 N–H and O–H groups in total. The molecular weight excluding hydrogens is 184 g/mol. The van der Waals surface area contributed by atoms with E-state index in [9.17, 15) is 0 Å². The van der Waals surface area contributed by atoms with Crippen LogP contribution in [0.3, 0.4) is 0 Å². The van der Waals surface area contributed by atoms with Gasteiger partial charge in [-0.15, -0.1) is 11.3 Å². The molecule has 0 fully saturated rings. The number of nitrogens with two attached hydrogens (primary N) is 1. The number of aromatic nitrogens is 1. The molecule has 0 amide bonds. The van der Waals surface area contributed by atoms with Gasteiger partial charge in [0, 0.05) is 31.1 Å². The summed E-state index contributed by atoms with van der Waals surface area (Å²) in [5.41, 5.74) is 5.93. The van der Waals surface area contributed by atoms with Crippen LogP contribution in [0.15, 0.2) is 11.6 Å². The molecule has 1 aromatic rings. The van der Waals surface area contributed by atoms with Crippen LogP contribution in [0.4, 0.5) is 0 Å². The van der Waals surface area contributed by atoms with Gasteiger partial charge in [0.15, 0.2) is 0 Å². The quantitative estimate of drug-likeness (QED) is 0.782. The van der Waals surface area contributed by atoms with Crippen LogP contribution >= 0.6 is 11.3 Å². The zero-order chi connectivity index (χ0) is 9.68. The molecule has 1 rings (SSSR count). The summed E-state index contributed by atoms with van der Waals surface area (Å²) in [4.78, 5) is 4.19. The van der Waals surface area contributed by atoms with E-state index in [0.717, 1.165) is 17.8 Å². The van der Waals surface area contributed by atoms with Gasteiger partial charge >= 0.3 is 0 Å². The summed E-state index contributed by atoms with van der Waals surface area (Å²) in [6.45, 7) is 2.03. The van der Waals surface area contributed by atoms with E-state index in [1.54, 1.807) is 18.4 Å². The van der Waals surface area contributed by atoms with Crippen LogP contribution in [-0.4, -0.2) is 24.2 Å². The average molecular weight is 200 g/mol. The summed E-state index contributed by atoms with van der Waals surface area (Å²) < 4.78 is 5.14. The van der Waals surface area contributed by atoms with Gasteiger partial charge in [-0.25, -0.2) is 4.98 Å². The second kappa shape index (κ2) is 5.32. The first-order valence-electron chi connectivity index (χ1n) is 4.39. The molecule has 3 nitrogen and oxygen atoms in total. The Hall–Kier alpha value is -0.450. The van der Waals surface area contributed by atoms with Crippen molar-refractivity contribution in [1.82, 2.24) is 4.98 Å². The Bertz CT molecular complexity index is 226. The van der Waals surface area contributed by atoms with Crippen molar-refractivity contribution >= 4 is 11.3 Å². The lowest BCUT2D eigenvalue weighted by Gasteiger charge is -2.14. The highest BCUT2D eigenvalue weighted by Gasteiger charge is 2.09. The van der Waals surface area contributed by atoms with Crippen molar-refractivity contribution in [3.63, 3.8) is 0 Å². The third-order valence-corrected chi connectivity index (χ3v) is 2.76. The zero-order valence-corrected chi connectivity index (χ0v) is 8.88. The van der Waals surface area contributed by atoms with Gasteiger partial charge in [-0.3, -0.25) is 0 Å². The van der Waals surface area contributed by atoms with E-state index in [0.29, 0.717) is 0 Å². The molecule has 0 saturated heterocycles. The molecule has 2 unspecified atom stereocenters. The normalized spacial score (nSPS) is 15.6. The Morgan fingerprint density at radius 2 is 2.46 bits per heavy atom. The number of rotatable bonds is 5. The monoisotopic (exact) mass is 200 g/mol. The first kappa shape index (κ1) is 10.6. The highest BCUT2D eigenvalue weighted by Crippen LogP contribution is 2.09. The van der Waals surface area contributed by atoms with Gasteiger partial charge in [-0.05, 0) is 13.3 Å². The zero-order valence-electron chi connectivity index (χ0n) is 8.06. The number of hydrogen-bond acceptors (Lipinski definition) is 4. The summed E-state index contributed by atoms with van der Waals surface area (Å²) in [5, 5.41) is 3.08. The fourth-order valence-corrected chi connectivity index (χ4v) is 1.89. The lowest BCUT2D eigenvalue weighted by Crippen LogP contribution is -2.27. The fourth-order valence-electron chi connectivity index (χ4n) is 1.18. The smallest absolute Gasteiger partial charge is 0.0940 e. The minimum Gasteiger partial charge on any atom is -0.382 e. The van der Waals surface area contributed by atoms with Gasteiger partial charge in [0.25, 0.3) is 0 Å². The molecule has 1 heterocycles. The summed E-state index contributed by atoms with van der Waals surface area (Å²) >= 11 is 1.65. The molecule has 0 saturated carbocycles. The molecule has 0 aliphatic rings. The van der Waals surface area contributed by atoms with Crippen molar-refractivity contribution in [3.05, 3.63) is 16.6 Å². The maximum Gasteiger partial charge on any atom is 0.0940 e. The van der Waals surface area contributed by atoms with Gasteiger partial charge in [-0.1, -0.05) is 0 Å². The van der Waals surface area contributed by atoms with E-state index >= 15 is 0 Å². The van der Waals surface area contributed by atoms with Gasteiger partial charge in [-0.2, -0.15) is 0 Å². The Kier molecular flexibility index (Phi) is 4.35. The van der Waals surface area contributed by atoms with E-state index in [2.05, 4.69) is 4.98 Å². The van der Waals surface area contributed by atoms with Crippen LogP contribution in [0.1, 0.15) is 18.4 Å². The Balaban J connectivity index is 2.29. The predicted octanol–water partition coefficient (Wildman–Crippen LogP) is 1.44. The lowest BCUT2D eigenvalue weighted by atomic mass is 10.1. The van der Waals surface area contributed by atoms with E-state index in [1.165, 1.54) is 0 Å². The third kappa shape index (κ3) is 3.85. The molecule has 0 spiro atoms. The first-order chi connectivity index (χ1) is 6.22. The number of methoxy groups -OCH3 is 1. The maximum absolute atomic E-state index is 5.93. The van der Waals surface area contributed by atoms with Crippen LogP contribution < -0.4 is 5.73 Å². The van der Waals surface area contributed by atoms with Crippen LogP contribution in [-0.2, 0) is 11.2 Å². The summed E-state index contributed by atoms with van der Waals surface area (Å²) in [5.74, 6) is 0. The molecule has 0 bridgehead atoms. The lowest BCUT2D eigenvalue weighted by molar-refractivity contribution is 0.104. The van der Waals surface area contributed by atoms with Crippen LogP contribution in [0.2, 0.25) is 0 Å². The highest BCUT2D eigenvalue weighted by atomic mass is 32.1. The molecule has 2 atom stereocenters. The first-order valence-corrected chi connectivity index (χ1v) is 5.27. The van der Waals surface area contributed by atoms with E-state index < -0.39 is 0 Å². The van der Waals surface area contributed by atoms with E-state index in [-0.39, 0.29) is 12.1 Å². The van der Waals surface area contributed by atoms with Crippen LogP contribution in [0.5, 0.6) is 0 Å². The second-order valence-corrected chi connectivity index (χ2v) is 4.15. The fraction of sp³-hybridized carbons (Fsp3) is 0.667. The number of nitrogens with zero attached hydrogens (tertiary/aromatic N) is 1. The molecule has 0 aliphatic carbocycles. The molecule has 0 aliphatic heterocycles. The molecule has 74 valence electrons. The molecule has 4 heteroatoms. The Morgan fingerprint density at radius 3 is 3.00 bits per heavy atom. The molecule has 13 heavy (non-hydrogen) atoms. The average Bonchev–Trinajstić information content (AvgIpc) is 2.56. The van der Waals surface area contributed by atoms with Crippen molar-refractivity contribution in [1.29, 1.82) is 0 Å². The van der Waals surface area contributed by atoms with Crippen LogP contribution in [0.25, 0.3) is 0 Å². The van der Waals surface area contributed by atoms with Crippen molar-refractivity contribution in [2.75, 3.05) is 7.11 Å². The summed E-state index contributed by atoms with van der Waals surface area (Å²) in [7, 11) is 1.71. The summed E-state index contributed by atoms with van der Waals surface area (Å²) in [6, 6.07) is 0.154. The van der Waals surface area contributed by atoms with E-state index in [4.69, 9.17) is 10.5 Å². The minimum absolute atomic E-state index is 0.154. The van der Waals surface area contributed by atoms with Gasteiger partial charge < -0.3 is 10.5 Å². The molecule has 0 radical (unpaired) electrons. The molecular formula is C9H16N2OS. The van der Waals surface area contributed by atoms with Gasteiger partial charge in [0.05, 0.1) is 11.1 Å². The highest BCUT2D eigenvalue weighted by molar-refractivity contribution is 7.09. The van der Waals surface area contributed by atoms with Gasteiger partial charge in [0.1, 0.15) is 0 Å². The van der Waals surface area contributed by atoms with Crippen molar-refractivity contribution in [2.45, 2.75) is 31.9 Å². The minimum atomic E-state index is 0.154. The number of hydrogen-bond donors (Lipinski definition) is 1. The standard InChI is InChI=1S/C9H16N2OS/c1-7(12-2)5-8(10)6-9-11-3-4-13-9/h3-4,7-8H,5-6,10H2,1-2H3. The maximum atomic E-state index is 5.93. The van der Waals surface area contributed by atoms with E-state index in [1.807, 2.05) is 18.5 Å². The molecule has 0 aromatic carbocycles.